The highest BCUT2D eigenvalue weighted by Gasteiger charge is 2.74. The minimum absolute atomic E-state index is 0.0329. The maximum atomic E-state index is 14.1. The van der Waals surface area contributed by atoms with Gasteiger partial charge in [0.2, 0.25) is 23.6 Å². The number of piperazine rings is 1. The van der Waals surface area contributed by atoms with Crippen LogP contribution in [0.2, 0.25) is 0 Å². The molecule has 0 unspecified atom stereocenters. The molecule has 3 saturated heterocycles. The first-order chi connectivity index (χ1) is 15.8. The van der Waals surface area contributed by atoms with Gasteiger partial charge in [0.1, 0.15) is 23.1 Å². The number of carbonyl (C=O) groups is 4. The Morgan fingerprint density at radius 1 is 1.06 bits per heavy atom. The number of hydrogen-bond donors (Lipinski definition) is 1. The average Bonchev–Trinajstić information content (AvgIpc) is 3.42. The van der Waals surface area contributed by atoms with E-state index in [1.165, 1.54) is 16.8 Å². The van der Waals surface area contributed by atoms with Crippen molar-refractivity contribution in [2.75, 3.05) is 26.7 Å². The van der Waals surface area contributed by atoms with Gasteiger partial charge >= 0.3 is 0 Å². The number of aliphatic hydroxyl groups is 1. The molecule has 3 fully saturated rings. The van der Waals surface area contributed by atoms with Crippen molar-refractivity contribution < 1.29 is 28.7 Å². The van der Waals surface area contributed by atoms with Crippen LogP contribution in [0.3, 0.4) is 0 Å². The average molecular weight is 451 g/mol. The number of benzene rings is 1. The standard InChI is InChI=1S/C24H25N3O6/c1-14-8-9-16(33-14)20-18-19(22(31)25(2)21(18)30)24(12-15-6-4-3-5-7-15)23(32)26(10-11-28)13-17(29)27(20)24/h3-9,18-20,28H,10-13H2,1-2H3/t18-,19-,20-,24-/m1/s1. The number of carbonyl (C=O) groups excluding carboxylic acids is 4. The van der Waals surface area contributed by atoms with Gasteiger partial charge in [0.05, 0.1) is 25.0 Å². The lowest BCUT2D eigenvalue weighted by atomic mass is 9.74. The van der Waals surface area contributed by atoms with Crippen LogP contribution >= 0.6 is 0 Å². The van der Waals surface area contributed by atoms with E-state index in [2.05, 4.69) is 0 Å². The highest BCUT2D eigenvalue weighted by Crippen LogP contribution is 2.57. The van der Waals surface area contributed by atoms with Crippen LogP contribution < -0.4 is 0 Å². The number of amides is 4. The molecule has 0 radical (unpaired) electrons. The third-order valence-corrected chi connectivity index (χ3v) is 7.13. The minimum atomic E-state index is -1.60. The highest BCUT2D eigenvalue weighted by atomic mass is 16.3. The Kier molecular flexibility index (Phi) is 4.89. The number of fused-ring (bicyclic) bond motifs is 3. The van der Waals surface area contributed by atoms with E-state index in [1.807, 2.05) is 30.3 Å². The largest absolute Gasteiger partial charge is 0.464 e. The Morgan fingerprint density at radius 3 is 2.42 bits per heavy atom. The van der Waals surface area contributed by atoms with E-state index in [1.54, 1.807) is 19.1 Å². The fourth-order valence-corrected chi connectivity index (χ4v) is 5.81. The second-order valence-corrected chi connectivity index (χ2v) is 8.93. The van der Waals surface area contributed by atoms with E-state index in [0.29, 0.717) is 11.5 Å². The number of nitrogens with zero attached hydrogens (tertiary/aromatic N) is 3. The number of β-amino-alcohol motifs (C(OH)–C–C–N with tert-alkyl or cyclic N) is 1. The minimum Gasteiger partial charge on any atom is -0.464 e. The van der Waals surface area contributed by atoms with Crippen LogP contribution in [-0.2, 0) is 25.6 Å². The summed E-state index contributed by atoms with van der Waals surface area (Å²) in [6, 6.07) is 11.7. The van der Waals surface area contributed by atoms with Crippen molar-refractivity contribution in [3.05, 3.63) is 59.5 Å². The van der Waals surface area contributed by atoms with Crippen LogP contribution in [0, 0.1) is 18.8 Å². The molecule has 1 aromatic carbocycles. The van der Waals surface area contributed by atoms with E-state index in [-0.39, 0.29) is 32.0 Å². The van der Waals surface area contributed by atoms with Crippen molar-refractivity contribution in [1.82, 2.24) is 14.7 Å². The molecule has 0 saturated carbocycles. The zero-order chi connectivity index (χ0) is 23.5. The van der Waals surface area contributed by atoms with Gasteiger partial charge in [0.25, 0.3) is 0 Å². The summed E-state index contributed by atoms with van der Waals surface area (Å²) in [7, 11) is 1.41. The summed E-state index contributed by atoms with van der Waals surface area (Å²) in [6.07, 6.45) is 0.0740. The molecule has 2 aromatic rings. The van der Waals surface area contributed by atoms with Gasteiger partial charge in [-0.05, 0) is 24.6 Å². The predicted octanol–water partition coefficient (Wildman–Crippen LogP) is 0.518. The van der Waals surface area contributed by atoms with Gasteiger partial charge in [-0.2, -0.15) is 0 Å². The normalized spacial score (nSPS) is 29.2. The van der Waals surface area contributed by atoms with E-state index in [0.717, 1.165) is 10.5 Å². The van der Waals surface area contributed by atoms with Gasteiger partial charge in [-0.15, -0.1) is 0 Å². The summed E-state index contributed by atoms with van der Waals surface area (Å²) >= 11 is 0. The molecule has 172 valence electrons. The van der Waals surface area contributed by atoms with E-state index in [4.69, 9.17) is 4.42 Å². The fourth-order valence-electron chi connectivity index (χ4n) is 5.81. The predicted molar refractivity (Wildman–Crippen MR) is 114 cm³/mol. The van der Waals surface area contributed by atoms with Crippen LogP contribution in [0.5, 0.6) is 0 Å². The summed E-state index contributed by atoms with van der Waals surface area (Å²) < 4.78 is 5.86. The van der Waals surface area contributed by atoms with Crippen molar-refractivity contribution in [3.63, 3.8) is 0 Å². The number of rotatable bonds is 5. The van der Waals surface area contributed by atoms with Crippen LogP contribution in [0.1, 0.15) is 23.1 Å². The molecule has 4 heterocycles. The van der Waals surface area contributed by atoms with Crippen LogP contribution in [0.25, 0.3) is 0 Å². The van der Waals surface area contributed by atoms with E-state index >= 15 is 0 Å². The monoisotopic (exact) mass is 451 g/mol. The summed E-state index contributed by atoms with van der Waals surface area (Å²) in [6.45, 7) is 1.17. The lowest BCUT2D eigenvalue weighted by Gasteiger charge is -2.48. The Bertz CT molecular complexity index is 1140. The molecule has 4 amide bonds. The first-order valence-corrected chi connectivity index (χ1v) is 11.0. The molecule has 1 aromatic heterocycles. The maximum Gasteiger partial charge on any atom is 0.250 e. The Morgan fingerprint density at radius 2 is 1.79 bits per heavy atom. The smallest absolute Gasteiger partial charge is 0.250 e. The molecule has 1 N–H and O–H groups in total. The molecule has 9 heteroatoms. The summed E-state index contributed by atoms with van der Waals surface area (Å²) in [4.78, 5) is 58.2. The SMILES string of the molecule is Cc1ccc([C@@H]2[C@@H]3C(=O)N(C)C(=O)[C@@H]3[C@]3(Cc4ccccc4)C(=O)N(CCO)CC(=O)N23)o1. The second-order valence-electron chi connectivity index (χ2n) is 8.93. The van der Waals surface area contributed by atoms with Gasteiger partial charge in [0.15, 0.2) is 0 Å². The number of hydrogen-bond acceptors (Lipinski definition) is 6. The third-order valence-electron chi connectivity index (χ3n) is 7.13. The Hall–Kier alpha value is -3.46. The van der Waals surface area contributed by atoms with Gasteiger partial charge in [0, 0.05) is 20.0 Å². The number of furan rings is 1. The summed E-state index contributed by atoms with van der Waals surface area (Å²) in [5, 5.41) is 9.53. The topological polar surface area (TPSA) is 111 Å². The number of likely N-dealkylation sites (tertiary alicyclic amines) is 1. The molecule has 0 spiro atoms. The first-order valence-electron chi connectivity index (χ1n) is 11.0. The van der Waals surface area contributed by atoms with Crippen molar-refractivity contribution in [1.29, 1.82) is 0 Å². The van der Waals surface area contributed by atoms with Crippen molar-refractivity contribution in [2.24, 2.45) is 11.8 Å². The lowest BCUT2D eigenvalue weighted by molar-refractivity contribution is -0.169. The number of imide groups is 1. The lowest BCUT2D eigenvalue weighted by Crippen LogP contribution is -2.70. The molecular weight excluding hydrogens is 426 g/mol. The van der Waals surface area contributed by atoms with Crippen molar-refractivity contribution >= 4 is 23.6 Å². The molecule has 33 heavy (non-hydrogen) atoms. The van der Waals surface area contributed by atoms with Gasteiger partial charge in [-0.25, -0.2) is 0 Å². The molecule has 0 aliphatic carbocycles. The van der Waals surface area contributed by atoms with Crippen molar-refractivity contribution in [3.8, 4) is 0 Å². The third kappa shape index (κ3) is 2.88. The van der Waals surface area contributed by atoms with Crippen LogP contribution in [0.15, 0.2) is 46.9 Å². The van der Waals surface area contributed by atoms with E-state index < -0.39 is 41.1 Å². The molecular formula is C24H25N3O6. The molecule has 9 nitrogen and oxygen atoms in total. The zero-order valence-corrected chi connectivity index (χ0v) is 18.4. The summed E-state index contributed by atoms with van der Waals surface area (Å²) in [5.74, 6) is -2.73. The zero-order valence-electron chi connectivity index (χ0n) is 18.4. The molecule has 4 atom stereocenters. The quantitative estimate of drug-likeness (QED) is 0.664. The Balaban J connectivity index is 1.76. The van der Waals surface area contributed by atoms with Gasteiger partial charge < -0.3 is 19.3 Å². The van der Waals surface area contributed by atoms with E-state index in [9.17, 15) is 24.3 Å². The Labute approximate surface area is 190 Å². The first kappa shape index (κ1) is 21.4. The molecule has 5 rings (SSSR count). The summed E-state index contributed by atoms with van der Waals surface area (Å²) in [5.41, 5.74) is -0.835. The van der Waals surface area contributed by atoms with Crippen LogP contribution in [0.4, 0.5) is 0 Å². The van der Waals surface area contributed by atoms with Gasteiger partial charge in [-0.1, -0.05) is 30.3 Å². The molecule has 3 aliphatic rings. The maximum absolute atomic E-state index is 14.1. The second kappa shape index (κ2) is 7.55. The number of aryl methyl sites for hydroxylation is 1. The number of aliphatic hydroxyl groups excluding tert-OH is 1. The molecule has 0 bridgehead atoms. The van der Waals surface area contributed by atoms with Crippen molar-refractivity contribution in [2.45, 2.75) is 24.9 Å². The highest BCUT2D eigenvalue weighted by molar-refractivity contribution is 6.12. The van der Waals surface area contributed by atoms with Crippen LogP contribution in [-0.4, -0.2) is 75.7 Å². The molecule has 3 aliphatic heterocycles. The fraction of sp³-hybridized carbons (Fsp3) is 0.417. The van der Waals surface area contributed by atoms with Gasteiger partial charge in [-0.3, -0.25) is 24.1 Å².